The van der Waals surface area contributed by atoms with Gasteiger partial charge in [-0.2, -0.15) is 0 Å². The first-order valence-corrected chi connectivity index (χ1v) is 6.78. The van der Waals surface area contributed by atoms with Crippen LogP contribution in [0, 0.1) is 5.92 Å². The maximum absolute atomic E-state index is 9.05. The quantitative estimate of drug-likeness (QED) is 0.826. The number of aromatic nitrogens is 1. The molecule has 2 aromatic rings. The summed E-state index contributed by atoms with van der Waals surface area (Å²) in [5.74, 6) is 0.592. The van der Waals surface area contributed by atoms with Gasteiger partial charge in [0.2, 0.25) is 0 Å². The van der Waals surface area contributed by atoms with Crippen LogP contribution in [0.1, 0.15) is 12.8 Å². The van der Waals surface area contributed by atoms with Crippen LogP contribution in [0.2, 0.25) is 0 Å². The lowest BCUT2D eigenvalue weighted by molar-refractivity contribution is 0.263. The Balaban J connectivity index is 1.96. The Morgan fingerprint density at radius 1 is 1.37 bits per heavy atom. The molecule has 1 aromatic heterocycles. The number of aliphatic hydroxyl groups excluding tert-OH is 1. The number of fused-ring (bicyclic) bond motifs is 1. The van der Waals surface area contributed by atoms with Gasteiger partial charge in [-0.3, -0.25) is 4.98 Å². The van der Waals surface area contributed by atoms with Gasteiger partial charge in [0.1, 0.15) is 0 Å². The fourth-order valence-electron chi connectivity index (χ4n) is 2.92. The van der Waals surface area contributed by atoms with Gasteiger partial charge in [0.05, 0.1) is 11.2 Å². The maximum Gasteiger partial charge on any atom is 0.0951 e. The molecule has 4 heteroatoms. The Morgan fingerprint density at radius 2 is 2.26 bits per heavy atom. The summed E-state index contributed by atoms with van der Waals surface area (Å²) in [4.78, 5) is 6.76. The van der Waals surface area contributed by atoms with Crippen molar-refractivity contribution in [2.75, 3.05) is 30.3 Å². The summed E-state index contributed by atoms with van der Waals surface area (Å²) in [6.45, 7) is 2.33. The van der Waals surface area contributed by atoms with E-state index in [2.05, 4.69) is 22.0 Å². The van der Waals surface area contributed by atoms with E-state index < -0.39 is 0 Å². The van der Waals surface area contributed by atoms with E-state index in [1.54, 1.807) is 6.20 Å². The highest BCUT2D eigenvalue weighted by molar-refractivity contribution is 5.98. The third-order valence-electron chi connectivity index (χ3n) is 3.94. The number of anilines is 2. The van der Waals surface area contributed by atoms with Gasteiger partial charge in [0.15, 0.2) is 0 Å². The molecular weight excluding hydrogens is 238 g/mol. The Bertz CT molecular complexity index is 585. The number of pyridine rings is 1. The number of benzene rings is 1. The van der Waals surface area contributed by atoms with Gasteiger partial charge in [-0.15, -0.1) is 0 Å². The van der Waals surface area contributed by atoms with Gasteiger partial charge in [-0.25, -0.2) is 0 Å². The van der Waals surface area contributed by atoms with Crippen LogP contribution in [0.25, 0.3) is 10.9 Å². The van der Waals surface area contributed by atoms with E-state index >= 15 is 0 Å². The monoisotopic (exact) mass is 257 g/mol. The lowest BCUT2D eigenvalue weighted by Crippen LogP contribution is -2.20. The highest BCUT2D eigenvalue weighted by Gasteiger charge is 2.23. The fraction of sp³-hybridized carbons (Fsp3) is 0.400. The van der Waals surface area contributed by atoms with Crippen molar-refractivity contribution in [3.63, 3.8) is 0 Å². The molecule has 0 saturated carbocycles. The summed E-state index contributed by atoms with van der Waals surface area (Å²) in [6.07, 6.45) is 3.81. The van der Waals surface area contributed by atoms with Crippen LogP contribution in [-0.2, 0) is 0 Å². The summed E-state index contributed by atoms with van der Waals surface area (Å²) in [5.41, 5.74) is 8.80. The minimum absolute atomic E-state index is 0.280. The van der Waals surface area contributed by atoms with Gasteiger partial charge in [-0.1, -0.05) is 0 Å². The van der Waals surface area contributed by atoms with E-state index in [-0.39, 0.29) is 6.61 Å². The molecule has 1 saturated heterocycles. The molecule has 0 aliphatic carbocycles. The topological polar surface area (TPSA) is 62.4 Å². The maximum atomic E-state index is 9.05. The van der Waals surface area contributed by atoms with Crippen molar-refractivity contribution in [3.05, 3.63) is 30.5 Å². The summed E-state index contributed by atoms with van der Waals surface area (Å²) in [6, 6.07) is 8.05. The third-order valence-corrected chi connectivity index (χ3v) is 3.94. The standard InChI is InChI=1S/C15H19N3O/c16-13-3-4-14(12-2-1-7-17-15(12)13)18-8-5-11(10-18)6-9-19/h1-4,7,11,19H,5-6,8-10,16H2. The molecule has 0 radical (unpaired) electrons. The molecular formula is C15H19N3O. The zero-order chi connectivity index (χ0) is 13.2. The highest BCUT2D eigenvalue weighted by atomic mass is 16.3. The Hall–Kier alpha value is -1.81. The van der Waals surface area contributed by atoms with Gasteiger partial charge >= 0.3 is 0 Å². The van der Waals surface area contributed by atoms with Gasteiger partial charge in [0.25, 0.3) is 0 Å². The minimum atomic E-state index is 0.280. The van der Waals surface area contributed by atoms with E-state index in [1.807, 2.05) is 12.1 Å². The predicted molar refractivity (Wildman–Crippen MR) is 78.2 cm³/mol. The molecule has 4 nitrogen and oxygen atoms in total. The second-order valence-electron chi connectivity index (χ2n) is 5.19. The van der Waals surface area contributed by atoms with Crippen molar-refractivity contribution in [1.29, 1.82) is 0 Å². The molecule has 1 fully saturated rings. The molecule has 0 bridgehead atoms. The number of nitrogen functional groups attached to an aromatic ring is 1. The summed E-state index contributed by atoms with van der Waals surface area (Å²) in [5, 5.41) is 10.2. The normalized spacial score (nSPS) is 19.2. The van der Waals surface area contributed by atoms with Gasteiger partial charge in [-0.05, 0) is 43.0 Å². The Labute approximate surface area is 112 Å². The smallest absolute Gasteiger partial charge is 0.0951 e. The van der Waals surface area contributed by atoms with E-state index in [1.165, 1.54) is 5.69 Å². The summed E-state index contributed by atoms with van der Waals surface area (Å²) < 4.78 is 0. The summed E-state index contributed by atoms with van der Waals surface area (Å²) in [7, 11) is 0. The van der Waals surface area contributed by atoms with E-state index in [0.29, 0.717) is 5.92 Å². The molecule has 3 N–H and O–H groups in total. The van der Waals surface area contributed by atoms with E-state index in [0.717, 1.165) is 42.5 Å². The molecule has 100 valence electrons. The first kappa shape index (κ1) is 12.2. The van der Waals surface area contributed by atoms with Crippen LogP contribution >= 0.6 is 0 Å². The third kappa shape index (κ3) is 2.24. The van der Waals surface area contributed by atoms with E-state index in [9.17, 15) is 0 Å². The number of nitrogens with zero attached hydrogens (tertiary/aromatic N) is 2. The van der Waals surface area contributed by atoms with Crippen molar-refractivity contribution in [3.8, 4) is 0 Å². The number of hydrogen-bond acceptors (Lipinski definition) is 4. The first-order chi connectivity index (χ1) is 9.29. The Kier molecular flexibility index (Phi) is 3.25. The van der Waals surface area contributed by atoms with Crippen LogP contribution in [0.3, 0.4) is 0 Å². The fourth-order valence-corrected chi connectivity index (χ4v) is 2.92. The molecule has 1 unspecified atom stereocenters. The molecule has 3 rings (SSSR count). The molecule has 1 atom stereocenters. The second kappa shape index (κ2) is 5.05. The SMILES string of the molecule is Nc1ccc(N2CCC(CCO)C2)c2cccnc12. The minimum Gasteiger partial charge on any atom is -0.397 e. The zero-order valence-corrected chi connectivity index (χ0v) is 10.9. The molecule has 2 heterocycles. The summed E-state index contributed by atoms with van der Waals surface area (Å²) >= 11 is 0. The van der Waals surface area contributed by atoms with E-state index in [4.69, 9.17) is 10.8 Å². The van der Waals surface area contributed by atoms with Crippen molar-refractivity contribution in [2.24, 2.45) is 5.92 Å². The van der Waals surface area contributed by atoms with Crippen molar-refractivity contribution >= 4 is 22.3 Å². The molecule has 1 aliphatic rings. The average molecular weight is 257 g/mol. The number of rotatable bonds is 3. The van der Waals surface area contributed by atoms with Crippen LogP contribution in [0.15, 0.2) is 30.5 Å². The molecule has 1 aromatic carbocycles. The van der Waals surface area contributed by atoms with Crippen LogP contribution < -0.4 is 10.6 Å². The van der Waals surface area contributed by atoms with Gasteiger partial charge in [0, 0.05) is 37.0 Å². The molecule has 0 spiro atoms. The zero-order valence-electron chi connectivity index (χ0n) is 10.9. The van der Waals surface area contributed by atoms with Crippen molar-refractivity contribution in [2.45, 2.75) is 12.8 Å². The number of nitrogens with two attached hydrogens (primary N) is 1. The van der Waals surface area contributed by atoms with Gasteiger partial charge < -0.3 is 15.7 Å². The molecule has 1 aliphatic heterocycles. The van der Waals surface area contributed by atoms with Crippen LogP contribution in [-0.4, -0.2) is 29.8 Å². The second-order valence-corrected chi connectivity index (χ2v) is 5.19. The molecule has 19 heavy (non-hydrogen) atoms. The van der Waals surface area contributed by atoms with Crippen molar-refractivity contribution in [1.82, 2.24) is 4.98 Å². The number of aliphatic hydroxyl groups is 1. The predicted octanol–water partition coefficient (Wildman–Crippen LogP) is 2.03. The average Bonchev–Trinajstić information content (AvgIpc) is 2.88. The highest BCUT2D eigenvalue weighted by Crippen LogP contribution is 2.33. The largest absolute Gasteiger partial charge is 0.397 e. The molecule has 0 amide bonds. The lowest BCUT2D eigenvalue weighted by atomic mass is 10.1. The van der Waals surface area contributed by atoms with Crippen LogP contribution in [0.4, 0.5) is 11.4 Å². The first-order valence-electron chi connectivity index (χ1n) is 6.78. The van der Waals surface area contributed by atoms with Crippen LogP contribution in [0.5, 0.6) is 0 Å². The number of hydrogen-bond donors (Lipinski definition) is 2. The lowest BCUT2D eigenvalue weighted by Gasteiger charge is -2.21. The Morgan fingerprint density at radius 3 is 3.11 bits per heavy atom. The van der Waals surface area contributed by atoms with Crippen molar-refractivity contribution < 1.29 is 5.11 Å².